The van der Waals surface area contributed by atoms with E-state index < -0.39 is 0 Å². The highest BCUT2D eigenvalue weighted by atomic mass is 79.9. The lowest BCUT2D eigenvalue weighted by Crippen LogP contribution is -1.95. The molecule has 2 aromatic heterocycles. The number of pyridine rings is 1. The first-order valence-corrected chi connectivity index (χ1v) is 6.68. The second kappa shape index (κ2) is 4.33. The van der Waals surface area contributed by atoms with Gasteiger partial charge in [-0.3, -0.25) is 4.57 Å². The van der Waals surface area contributed by atoms with Gasteiger partial charge in [-0.2, -0.15) is 0 Å². The fourth-order valence-electron chi connectivity index (χ4n) is 1.93. The number of imidazole rings is 1. The molecule has 0 aliphatic carbocycles. The molecule has 0 aliphatic rings. The van der Waals surface area contributed by atoms with Gasteiger partial charge in [0, 0.05) is 16.4 Å². The van der Waals surface area contributed by atoms with Crippen LogP contribution in [0.1, 0.15) is 5.56 Å². The average Bonchev–Trinajstić information content (AvgIpc) is 2.65. The Balaban J connectivity index is 2.32. The summed E-state index contributed by atoms with van der Waals surface area (Å²) in [5, 5.41) is 0. The molecule has 1 N–H and O–H groups in total. The fourth-order valence-corrected chi connectivity index (χ4v) is 2.50. The summed E-state index contributed by atoms with van der Waals surface area (Å²) in [5.74, 6) is 0. The minimum absolute atomic E-state index is 0.658. The van der Waals surface area contributed by atoms with E-state index in [-0.39, 0.29) is 0 Å². The SMILES string of the molecule is Cc1cnc2c(c1)[nH]c(=S)n2-c1ccc(Br)cc1. The summed E-state index contributed by atoms with van der Waals surface area (Å²) in [5.41, 5.74) is 3.93. The average molecular weight is 320 g/mol. The van der Waals surface area contributed by atoms with Crippen molar-refractivity contribution in [3.63, 3.8) is 0 Å². The summed E-state index contributed by atoms with van der Waals surface area (Å²) in [6.07, 6.45) is 1.85. The van der Waals surface area contributed by atoms with Gasteiger partial charge in [0.05, 0.1) is 5.52 Å². The van der Waals surface area contributed by atoms with E-state index in [1.807, 2.05) is 48.0 Å². The number of aryl methyl sites for hydroxylation is 1. The number of H-pyrrole nitrogens is 1. The molecule has 0 fully saturated rings. The highest BCUT2D eigenvalue weighted by Crippen LogP contribution is 2.20. The molecule has 0 spiro atoms. The first kappa shape index (κ1) is 11.6. The van der Waals surface area contributed by atoms with E-state index in [0.717, 1.165) is 26.9 Å². The molecule has 90 valence electrons. The Morgan fingerprint density at radius 1 is 1.28 bits per heavy atom. The Labute approximate surface area is 118 Å². The molecule has 2 heterocycles. The molecule has 0 saturated heterocycles. The minimum atomic E-state index is 0.658. The molecule has 0 radical (unpaired) electrons. The fraction of sp³-hybridized carbons (Fsp3) is 0.0769. The van der Waals surface area contributed by atoms with Gasteiger partial charge in [-0.1, -0.05) is 15.9 Å². The van der Waals surface area contributed by atoms with Gasteiger partial charge in [-0.15, -0.1) is 0 Å². The van der Waals surface area contributed by atoms with Crippen LogP contribution >= 0.6 is 28.1 Å². The third-order valence-corrected chi connectivity index (χ3v) is 3.56. The number of hydrogen-bond acceptors (Lipinski definition) is 2. The third-order valence-electron chi connectivity index (χ3n) is 2.74. The normalized spacial score (nSPS) is 11.0. The van der Waals surface area contributed by atoms with Gasteiger partial charge in [-0.05, 0) is 55.0 Å². The first-order chi connectivity index (χ1) is 8.65. The monoisotopic (exact) mass is 319 g/mol. The maximum Gasteiger partial charge on any atom is 0.183 e. The second-order valence-corrected chi connectivity index (χ2v) is 5.43. The molecular formula is C13H10BrN3S. The van der Waals surface area contributed by atoms with Crippen LogP contribution in [0.2, 0.25) is 0 Å². The van der Waals surface area contributed by atoms with Crippen LogP contribution in [0.15, 0.2) is 41.0 Å². The zero-order valence-corrected chi connectivity index (χ0v) is 12.0. The van der Waals surface area contributed by atoms with Crippen molar-refractivity contribution in [2.75, 3.05) is 0 Å². The van der Waals surface area contributed by atoms with Crippen molar-refractivity contribution < 1.29 is 0 Å². The summed E-state index contributed by atoms with van der Waals surface area (Å²) >= 11 is 8.79. The quantitative estimate of drug-likeness (QED) is 0.683. The van der Waals surface area contributed by atoms with E-state index in [1.165, 1.54) is 0 Å². The molecule has 0 saturated carbocycles. The van der Waals surface area contributed by atoms with Gasteiger partial charge >= 0.3 is 0 Å². The number of hydrogen-bond donors (Lipinski definition) is 1. The van der Waals surface area contributed by atoms with E-state index in [1.54, 1.807) is 0 Å². The molecule has 0 unspecified atom stereocenters. The molecule has 18 heavy (non-hydrogen) atoms. The van der Waals surface area contributed by atoms with E-state index >= 15 is 0 Å². The van der Waals surface area contributed by atoms with E-state index in [4.69, 9.17) is 12.2 Å². The highest BCUT2D eigenvalue weighted by molar-refractivity contribution is 9.10. The molecular weight excluding hydrogens is 310 g/mol. The minimum Gasteiger partial charge on any atom is -0.329 e. The second-order valence-electron chi connectivity index (χ2n) is 4.13. The number of benzene rings is 1. The van der Waals surface area contributed by atoms with Crippen LogP contribution in [0.25, 0.3) is 16.9 Å². The number of nitrogens with one attached hydrogen (secondary N) is 1. The number of nitrogens with zero attached hydrogens (tertiary/aromatic N) is 2. The van der Waals surface area contributed by atoms with E-state index in [9.17, 15) is 0 Å². The molecule has 0 atom stereocenters. The third kappa shape index (κ3) is 1.89. The highest BCUT2D eigenvalue weighted by Gasteiger charge is 2.07. The van der Waals surface area contributed by atoms with Crippen LogP contribution in [-0.2, 0) is 0 Å². The molecule has 0 amide bonds. The predicted molar refractivity (Wildman–Crippen MR) is 78.7 cm³/mol. The molecule has 3 aromatic rings. The van der Waals surface area contributed by atoms with Gasteiger partial charge in [0.15, 0.2) is 10.4 Å². The molecule has 0 aliphatic heterocycles. The van der Waals surface area contributed by atoms with Gasteiger partial charge < -0.3 is 4.98 Å². The van der Waals surface area contributed by atoms with Gasteiger partial charge in [0.2, 0.25) is 0 Å². The molecule has 0 bridgehead atoms. The zero-order chi connectivity index (χ0) is 12.7. The van der Waals surface area contributed by atoms with Crippen LogP contribution in [0, 0.1) is 11.7 Å². The Morgan fingerprint density at radius 2 is 2.00 bits per heavy atom. The Morgan fingerprint density at radius 3 is 2.72 bits per heavy atom. The van der Waals surface area contributed by atoms with Crippen molar-refractivity contribution in [2.45, 2.75) is 6.92 Å². The Bertz CT molecular complexity index is 771. The summed E-state index contributed by atoms with van der Waals surface area (Å²) in [7, 11) is 0. The largest absolute Gasteiger partial charge is 0.329 e. The van der Waals surface area contributed by atoms with Crippen LogP contribution in [-0.4, -0.2) is 14.5 Å². The van der Waals surface area contributed by atoms with E-state index in [0.29, 0.717) is 4.77 Å². The van der Waals surface area contributed by atoms with Crippen molar-refractivity contribution in [3.8, 4) is 5.69 Å². The first-order valence-electron chi connectivity index (χ1n) is 5.48. The number of halogens is 1. The predicted octanol–water partition coefficient (Wildman–Crippen LogP) is 4.15. The summed E-state index contributed by atoms with van der Waals surface area (Å²) < 4.78 is 3.64. The van der Waals surface area contributed by atoms with Gasteiger partial charge in [-0.25, -0.2) is 4.98 Å². The Kier molecular flexibility index (Phi) is 2.80. The summed E-state index contributed by atoms with van der Waals surface area (Å²) in [4.78, 5) is 7.64. The lowest BCUT2D eigenvalue weighted by Gasteiger charge is -2.03. The summed E-state index contributed by atoms with van der Waals surface area (Å²) in [6.45, 7) is 2.01. The summed E-state index contributed by atoms with van der Waals surface area (Å²) in [6, 6.07) is 10.0. The van der Waals surface area contributed by atoms with Crippen molar-refractivity contribution in [2.24, 2.45) is 0 Å². The van der Waals surface area contributed by atoms with Crippen LogP contribution in [0.4, 0.5) is 0 Å². The molecule has 1 aromatic carbocycles. The van der Waals surface area contributed by atoms with Gasteiger partial charge in [0.25, 0.3) is 0 Å². The van der Waals surface area contributed by atoms with Crippen LogP contribution in [0.3, 0.4) is 0 Å². The Hall–Kier alpha value is -1.46. The zero-order valence-electron chi connectivity index (χ0n) is 9.64. The maximum absolute atomic E-state index is 5.37. The smallest absolute Gasteiger partial charge is 0.183 e. The number of rotatable bonds is 1. The lowest BCUT2D eigenvalue weighted by molar-refractivity contribution is 1.04. The van der Waals surface area contributed by atoms with E-state index in [2.05, 4.69) is 25.9 Å². The van der Waals surface area contributed by atoms with Crippen molar-refractivity contribution in [1.82, 2.24) is 14.5 Å². The molecule has 3 nitrogen and oxygen atoms in total. The van der Waals surface area contributed by atoms with Crippen LogP contribution in [0.5, 0.6) is 0 Å². The molecule has 3 rings (SSSR count). The van der Waals surface area contributed by atoms with Crippen molar-refractivity contribution in [3.05, 3.63) is 51.3 Å². The maximum atomic E-state index is 5.37. The molecule has 5 heteroatoms. The standard InChI is InChI=1S/C13H10BrN3S/c1-8-6-11-12(15-7-8)17(13(18)16-11)10-4-2-9(14)3-5-10/h2-7H,1H3,(H,16,18). The number of aromatic nitrogens is 3. The van der Waals surface area contributed by atoms with Gasteiger partial charge in [0.1, 0.15) is 0 Å². The number of aromatic amines is 1. The van der Waals surface area contributed by atoms with Crippen molar-refractivity contribution in [1.29, 1.82) is 0 Å². The lowest BCUT2D eigenvalue weighted by atomic mass is 10.3. The van der Waals surface area contributed by atoms with Crippen molar-refractivity contribution >= 4 is 39.3 Å². The topological polar surface area (TPSA) is 33.6 Å². The number of fused-ring (bicyclic) bond motifs is 1. The van der Waals surface area contributed by atoms with Crippen LogP contribution < -0.4 is 0 Å².